The first-order chi connectivity index (χ1) is 18.7. The molecule has 0 radical (unpaired) electrons. The summed E-state index contributed by atoms with van der Waals surface area (Å²) in [5.74, 6) is 4.14. The molecule has 220 valence electrons. The van der Waals surface area contributed by atoms with Gasteiger partial charge in [0.25, 0.3) is 5.91 Å². The lowest BCUT2D eigenvalue weighted by atomic mass is 10.0. The van der Waals surface area contributed by atoms with Gasteiger partial charge in [-0.1, -0.05) is 20.8 Å². The Morgan fingerprint density at radius 3 is 1.77 bits per heavy atom. The van der Waals surface area contributed by atoms with Gasteiger partial charge < -0.3 is 18.4 Å². The van der Waals surface area contributed by atoms with Crippen LogP contribution >= 0.6 is 0 Å². The molecule has 40 heavy (non-hydrogen) atoms. The summed E-state index contributed by atoms with van der Waals surface area (Å²) in [5, 5.41) is 11.1. The van der Waals surface area contributed by atoms with Crippen LogP contribution in [0.4, 0.5) is 0 Å². The van der Waals surface area contributed by atoms with Gasteiger partial charge in [0.1, 0.15) is 29.1 Å². The van der Waals surface area contributed by atoms with E-state index in [1.165, 1.54) is 12.2 Å². The Balaban J connectivity index is 0.000000151. The first-order valence-electron chi connectivity index (χ1n) is 13.9. The fraction of sp³-hybridized carbons (Fsp3) is 0.562. The number of ketones is 1. The number of aryl methyl sites for hydroxylation is 3. The smallest absolute Gasteiger partial charge is 0.251 e. The third-order valence-electron chi connectivity index (χ3n) is 7.98. The molecule has 3 fully saturated rings. The molecule has 0 saturated heterocycles. The third kappa shape index (κ3) is 8.45. The number of Topliss-reactive ketones (excluding diaryl/α,β-unsaturated/α-hetero) is 1. The molecule has 1 atom stereocenters. The van der Waals surface area contributed by atoms with E-state index < -0.39 is 6.10 Å². The number of carbonyl (C=O) groups excluding carboxylic acids is 2. The Bertz CT molecular complexity index is 1240. The van der Waals surface area contributed by atoms with Crippen LogP contribution in [0.3, 0.4) is 0 Å². The quantitative estimate of drug-likeness (QED) is 0.250. The van der Waals surface area contributed by atoms with E-state index in [2.05, 4.69) is 6.92 Å². The van der Waals surface area contributed by atoms with Gasteiger partial charge >= 0.3 is 0 Å². The van der Waals surface area contributed by atoms with Crippen LogP contribution in [0.25, 0.3) is 0 Å². The zero-order chi connectivity index (χ0) is 29.7. The topological polar surface area (TPSA) is 106 Å². The van der Waals surface area contributed by atoms with Crippen molar-refractivity contribution in [2.75, 3.05) is 14.2 Å². The molecule has 3 aliphatic carbocycles. The van der Waals surface area contributed by atoms with Gasteiger partial charge in [-0.05, 0) is 95.7 Å². The number of furan rings is 3. The Kier molecular flexibility index (Phi) is 9.90. The molecule has 8 heteroatoms. The minimum atomic E-state index is -0.411. The van der Waals surface area contributed by atoms with E-state index in [-0.39, 0.29) is 27.9 Å². The van der Waals surface area contributed by atoms with Gasteiger partial charge in [-0.3, -0.25) is 14.4 Å². The Morgan fingerprint density at radius 1 is 0.850 bits per heavy atom. The van der Waals surface area contributed by atoms with Crippen LogP contribution in [0.1, 0.15) is 99.0 Å². The van der Waals surface area contributed by atoms with E-state index in [4.69, 9.17) is 18.1 Å². The number of aliphatic hydroxyl groups excluding tert-OH is 1. The molecule has 8 nitrogen and oxygen atoms in total. The summed E-state index contributed by atoms with van der Waals surface area (Å²) in [6.07, 6.45) is 7.47. The zero-order valence-corrected chi connectivity index (χ0v) is 25.2. The van der Waals surface area contributed by atoms with Crippen LogP contribution in [-0.2, 0) is 9.63 Å². The zero-order valence-electron chi connectivity index (χ0n) is 25.2. The number of amides is 1. The van der Waals surface area contributed by atoms with E-state index in [0.29, 0.717) is 11.5 Å². The van der Waals surface area contributed by atoms with E-state index in [9.17, 15) is 14.7 Å². The number of nitrogens with zero attached hydrogens (tertiary/aromatic N) is 1. The predicted octanol–water partition coefficient (Wildman–Crippen LogP) is 7.39. The maximum absolute atomic E-state index is 11.6. The Labute approximate surface area is 237 Å². The van der Waals surface area contributed by atoms with Crippen molar-refractivity contribution in [3.05, 3.63) is 71.5 Å². The summed E-state index contributed by atoms with van der Waals surface area (Å²) in [7, 11) is 3.15. The van der Waals surface area contributed by atoms with Gasteiger partial charge in [0, 0.05) is 23.3 Å². The SMILES string of the molecule is CON(C)C(=O)C1(C)CC1.Cc1ccc(C(=O)C2(C)CC2)o1.Cc1ccc([C@@H](O)C2(C)CC2)o1.Cc1ccco1. The lowest BCUT2D eigenvalue weighted by molar-refractivity contribution is -0.174. The Morgan fingerprint density at radius 2 is 1.43 bits per heavy atom. The first-order valence-corrected chi connectivity index (χ1v) is 13.9. The molecule has 3 aliphatic rings. The average molecular weight is 556 g/mol. The molecule has 0 aromatic carbocycles. The predicted molar refractivity (Wildman–Crippen MR) is 151 cm³/mol. The number of carbonyl (C=O) groups is 2. The first kappa shape index (κ1) is 31.4. The highest BCUT2D eigenvalue weighted by molar-refractivity contribution is 5.99. The van der Waals surface area contributed by atoms with Crippen molar-refractivity contribution >= 4 is 11.7 Å². The van der Waals surface area contributed by atoms with Crippen molar-refractivity contribution in [2.24, 2.45) is 16.2 Å². The molecule has 0 unspecified atom stereocenters. The summed E-state index contributed by atoms with van der Waals surface area (Å²) >= 11 is 0. The van der Waals surface area contributed by atoms with E-state index in [1.54, 1.807) is 19.4 Å². The number of hydrogen-bond acceptors (Lipinski definition) is 7. The molecule has 1 N–H and O–H groups in total. The number of hydrogen-bond donors (Lipinski definition) is 1. The van der Waals surface area contributed by atoms with Gasteiger partial charge in [-0.15, -0.1) is 0 Å². The molecule has 3 heterocycles. The molecule has 3 aromatic heterocycles. The van der Waals surface area contributed by atoms with Crippen LogP contribution in [0.15, 0.2) is 55.9 Å². The molecule has 6 rings (SSSR count). The van der Waals surface area contributed by atoms with Crippen LogP contribution in [-0.4, -0.2) is 36.0 Å². The summed E-state index contributed by atoms with van der Waals surface area (Å²) in [6.45, 7) is 11.7. The van der Waals surface area contributed by atoms with E-state index in [0.717, 1.165) is 55.8 Å². The highest BCUT2D eigenvalue weighted by Crippen LogP contribution is 2.54. The molecular weight excluding hydrogens is 510 g/mol. The van der Waals surface area contributed by atoms with Crippen LogP contribution in [0.5, 0.6) is 0 Å². The fourth-order valence-electron chi connectivity index (χ4n) is 3.91. The Hall–Kier alpha value is -3.10. The highest BCUT2D eigenvalue weighted by Gasteiger charge is 2.47. The van der Waals surface area contributed by atoms with Crippen molar-refractivity contribution < 1.29 is 32.8 Å². The van der Waals surface area contributed by atoms with Gasteiger partial charge in [0.15, 0.2) is 5.76 Å². The number of hydroxylamine groups is 2. The fourth-order valence-corrected chi connectivity index (χ4v) is 3.91. The molecule has 1 amide bonds. The van der Waals surface area contributed by atoms with Crippen molar-refractivity contribution in [2.45, 2.75) is 86.2 Å². The maximum Gasteiger partial charge on any atom is 0.251 e. The van der Waals surface area contributed by atoms with Crippen molar-refractivity contribution in [3.63, 3.8) is 0 Å². The van der Waals surface area contributed by atoms with Gasteiger partial charge in [-0.25, -0.2) is 5.06 Å². The van der Waals surface area contributed by atoms with E-state index in [1.807, 2.05) is 65.0 Å². The summed E-state index contributed by atoms with van der Waals surface area (Å²) in [4.78, 5) is 27.7. The van der Waals surface area contributed by atoms with Crippen LogP contribution < -0.4 is 0 Å². The van der Waals surface area contributed by atoms with Gasteiger partial charge in [0.05, 0.1) is 13.4 Å². The number of rotatable bonds is 6. The second-order valence-electron chi connectivity index (χ2n) is 12.1. The number of aliphatic hydroxyl groups is 1. The van der Waals surface area contributed by atoms with Gasteiger partial charge in [0.2, 0.25) is 5.78 Å². The summed E-state index contributed by atoms with van der Waals surface area (Å²) < 4.78 is 15.5. The molecule has 0 bridgehead atoms. The highest BCUT2D eigenvalue weighted by atomic mass is 16.7. The third-order valence-corrected chi connectivity index (χ3v) is 7.98. The lowest BCUT2D eigenvalue weighted by Crippen LogP contribution is -2.31. The minimum Gasteiger partial charge on any atom is -0.470 e. The second-order valence-corrected chi connectivity index (χ2v) is 12.1. The summed E-state index contributed by atoms with van der Waals surface area (Å²) in [5.41, 5.74) is -0.126. The summed E-state index contributed by atoms with van der Waals surface area (Å²) in [6, 6.07) is 11.1. The van der Waals surface area contributed by atoms with Crippen LogP contribution in [0, 0.1) is 37.0 Å². The average Bonchev–Trinajstić information content (AvgIpc) is 3.87. The van der Waals surface area contributed by atoms with Crippen LogP contribution in [0.2, 0.25) is 0 Å². The second kappa shape index (κ2) is 12.6. The van der Waals surface area contributed by atoms with Crippen molar-refractivity contribution in [1.82, 2.24) is 5.06 Å². The molecule has 0 spiro atoms. The van der Waals surface area contributed by atoms with Gasteiger partial charge in [-0.2, -0.15) is 0 Å². The maximum atomic E-state index is 11.6. The standard InChI is InChI=1S/C10H14O2.C10H12O2.C7H13NO2.C5H6O/c2*1-7-3-4-8(12-7)9(11)10(2)5-6-10;1-7(4-5-7)6(9)8(2)10-3;1-5-3-2-4-6-5/h3-4,9,11H,5-6H2,1-2H3;3-4H,5-6H2,1-2H3;4-5H2,1-3H3;2-4H,1H3/t9-;;;/m1.../s1. The monoisotopic (exact) mass is 555 g/mol. The van der Waals surface area contributed by atoms with E-state index >= 15 is 0 Å². The molecular formula is C32H45NO7. The lowest BCUT2D eigenvalue weighted by Gasteiger charge is -2.17. The largest absolute Gasteiger partial charge is 0.470 e. The molecule has 0 aliphatic heterocycles. The van der Waals surface area contributed by atoms with Crippen molar-refractivity contribution in [3.8, 4) is 0 Å². The normalized spacial score (nSPS) is 18.8. The molecule has 3 saturated carbocycles. The van der Waals surface area contributed by atoms with Crippen molar-refractivity contribution in [1.29, 1.82) is 0 Å². The minimum absolute atomic E-state index is 0.0876. The molecule has 3 aromatic rings.